The van der Waals surface area contributed by atoms with Crippen molar-refractivity contribution >= 4 is 17.0 Å². The van der Waals surface area contributed by atoms with Crippen LogP contribution in [-0.4, -0.2) is 10.9 Å². The van der Waals surface area contributed by atoms with Crippen LogP contribution < -0.4 is 17.2 Å². The first kappa shape index (κ1) is 13.4. The minimum Gasteiger partial charge on any atom is -0.408 e. The number of hydrogen-bond donors (Lipinski definition) is 3. The quantitative estimate of drug-likeness (QED) is 0.746. The molecule has 19 heavy (non-hydrogen) atoms. The Kier molecular flexibility index (Phi) is 3.71. The molecule has 1 amide bonds. The van der Waals surface area contributed by atoms with Crippen molar-refractivity contribution in [2.45, 2.75) is 25.8 Å². The predicted octanol–water partition coefficient (Wildman–Crippen LogP) is 1.02. The number of aromatic nitrogens is 1. The van der Waals surface area contributed by atoms with Crippen molar-refractivity contribution < 1.29 is 9.21 Å². The molecule has 0 aliphatic heterocycles. The first-order chi connectivity index (χ1) is 8.95. The third kappa shape index (κ3) is 3.23. The summed E-state index contributed by atoms with van der Waals surface area (Å²) in [5.41, 5.74) is 13.2. The van der Waals surface area contributed by atoms with Gasteiger partial charge < -0.3 is 15.9 Å². The number of aromatic amines is 1. The molecule has 2 unspecified atom stereocenters. The smallest absolute Gasteiger partial charge is 0.408 e. The zero-order valence-electron chi connectivity index (χ0n) is 10.7. The molecule has 6 nitrogen and oxygen atoms in total. The molecule has 1 aromatic carbocycles. The molecule has 2 rings (SSSR count). The third-order valence-corrected chi connectivity index (χ3v) is 3.08. The molecule has 0 aliphatic carbocycles. The normalized spacial score (nSPS) is 14.4. The number of H-pyrrole nitrogens is 1. The number of benzene rings is 1. The number of rotatable bonds is 5. The summed E-state index contributed by atoms with van der Waals surface area (Å²) in [7, 11) is 0. The van der Waals surface area contributed by atoms with E-state index in [1.165, 1.54) is 0 Å². The van der Waals surface area contributed by atoms with E-state index in [4.69, 9.17) is 15.9 Å². The van der Waals surface area contributed by atoms with Gasteiger partial charge in [0.15, 0.2) is 5.58 Å². The SMILES string of the molecule is CC(CC(N)=O)CC(N)c1ccc2[nH]c(=O)oc2c1. The Bertz CT molecular complexity index is 644. The van der Waals surface area contributed by atoms with Gasteiger partial charge in [0.25, 0.3) is 0 Å². The van der Waals surface area contributed by atoms with Gasteiger partial charge in [0, 0.05) is 12.5 Å². The molecule has 6 heteroatoms. The molecule has 0 aliphatic rings. The van der Waals surface area contributed by atoms with Gasteiger partial charge in [0.2, 0.25) is 5.91 Å². The van der Waals surface area contributed by atoms with Gasteiger partial charge in [0.1, 0.15) is 0 Å². The van der Waals surface area contributed by atoms with E-state index in [9.17, 15) is 9.59 Å². The molecule has 0 spiro atoms. The Morgan fingerprint density at radius 1 is 1.47 bits per heavy atom. The second-order valence-corrected chi connectivity index (χ2v) is 4.89. The number of primary amides is 1. The zero-order valence-corrected chi connectivity index (χ0v) is 10.7. The molecule has 0 radical (unpaired) electrons. The molecular weight excluding hydrogens is 246 g/mol. The van der Waals surface area contributed by atoms with Crippen molar-refractivity contribution in [2.75, 3.05) is 0 Å². The highest BCUT2D eigenvalue weighted by molar-refractivity contribution is 5.74. The third-order valence-electron chi connectivity index (χ3n) is 3.08. The number of carbonyl (C=O) groups excluding carboxylic acids is 1. The van der Waals surface area contributed by atoms with Crippen LogP contribution in [0.25, 0.3) is 11.1 Å². The molecule has 0 fully saturated rings. The van der Waals surface area contributed by atoms with Crippen LogP contribution in [-0.2, 0) is 4.79 Å². The first-order valence-electron chi connectivity index (χ1n) is 6.12. The molecule has 5 N–H and O–H groups in total. The van der Waals surface area contributed by atoms with Gasteiger partial charge in [-0.05, 0) is 30.0 Å². The lowest BCUT2D eigenvalue weighted by Crippen LogP contribution is -2.19. The Morgan fingerprint density at radius 3 is 2.89 bits per heavy atom. The summed E-state index contributed by atoms with van der Waals surface area (Å²) < 4.78 is 4.99. The fourth-order valence-corrected chi connectivity index (χ4v) is 2.19. The minimum atomic E-state index is -0.484. The van der Waals surface area contributed by atoms with Crippen molar-refractivity contribution in [1.29, 1.82) is 0 Å². The van der Waals surface area contributed by atoms with E-state index in [0.29, 0.717) is 23.9 Å². The van der Waals surface area contributed by atoms with Crippen LogP contribution in [0.5, 0.6) is 0 Å². The number of fused-ring (bicyclic) bond motifs is 1. The summed E-state index contributed by atoms with van der Waals surface area (Å²) in [5.74, 6) is -0.698. The summed E-state index contributed by atoms with van der Waals surface area (Å²) in [4.78, 5) is 24.5. The van der Waals surface area contributed by atoms with Crippen molar-refractivity contribution in [2.24, 2.45) is 17.4 Å². The van der Waals surface area contributed by atoms with Gasteiger partial charge in [0.05, 0.1) is 5.52 Å². The number of carbonyl (C=O) groups is 1. The average Bonchev–Trinajstić information content (AvgIpc) is 2.66. The molecule has 0 saturated carbocycles. The Morgan fingerprint density at radius 2 is 2.21 bits per heavy atom. The van der Waals surface area contributed by atoms with Gasteiger partial charge >= 0.3 is 5.76 Å². The maximum absolute atomic E-state index is 11.1. The van der Waals surface area contributed by atoms with Gasteiger partial charge in [-0.25, -0.2) is 4.79 Å². The Balaban J connectivity index is 2.14. The number of nitrogens with two attached hydrogens (primary N) is 2. The van der Waals surface area contributed by atoms with Crippen molar-refractivity contribution in [3.05, 3.63) is 34.3 Å². The fraction of sp³-hybridized carbons (Fsp3) is 0.385. The van der Waals surface area contributed by atoms with E-state index in [1.54, 1.807) is 12.1 Å². The lowest BCUT2D eigenvalue weighted by molar-refractivity contribution is -0.118. The van der Waals surface area contributed by atoms with E-state index in [2.05, 4.69) is 4.98 Å². The average molecular weight is 263 g/mol. The summed E-state index contributed by atoms with van der Waals surface area (Å²) in [6.45, 7) is 1.93. The first-order valence-corrected chi connectivity index (χ1v) is 6.12. The zero-order chi connectivity index (χ0) is 14.0. The topological polar surface area (TPSA) is 115 Å². The highest BCUT2D eigenvalue weighted by Gasteiger charge is 2.14. The van der Waals surface area contributed by atoms with Crippen LogP contribution in [0.15, 0.2) is 27.4 Å². The van der Waals surface area contributed by atoms with E-state index < -0.39 is 5.76 Å². The standard InChI is InChI=1S/C13H17N3O3/c1-7(5-12(15)17)4-9(14)8-2-3-10-11(6-8)19-13(18)16-10/h2-3,6-7,9H,4-5,14H2,1H3,(H2,15,17)(H,16,18). The number of amides is 1. The highest BCUT2D eigenvalue weighted by Crippen LogP contribution is 2.23. The van der Waals surface area contributed by atoms with Gasteiger partial charge in [-0.1, -0.05) is 13.0 Å². The lowest BCUT2D eigenvalue weighted by atomic mass is 9.94. The summed E-state index contributed by atoms with van der Waals surface area (Å²) >= 11 is 0. The van der Waals surface area contributed by atoms with Crippen LogP contribution in [0.4, 0.5) is 0 Å². The number of oxazole rings is 1. The van der Waals surface area contributed by atoms with Gasteiger partial charge in [-0.3, -0.25) is 9.78 Å². The minimum absolute atomic E-state index is 0.112. The van der Waals surface area contributed by atoms with Crippen LogP contribution in [0, 0.1) is 5.92 Å². The maximum Gasteiger partial charge on any atom is 0.417 e. The summed E-state index contributed by atoms with van der Waals surface area (Å²) in [5, 5.41) is 0. The second-order valence-electron chi connectivity index (χ2n) is 4.89. The van der Waals surface area contributed by atoms with E-state index in [0.717, 1.165) is 5.56 Å². The molecule has 102 valence electrons. The summed E-state index contributed by atoms with van der Waals surface area (Å²) in [6.07, 6.45) is 0.957. The molecular formula is C13H17N3O3. The predicted molar refractivity (Wildman–Crippen MR) is 71.4 cm³/mol. The summed E-state index contributed by atoms with van der Waals surface area (Å²) in [6, 6.07) is 5.12. The maximum atomic E-state index is 11.1. The van der Waals surface area contributed by atoms with Crippen molar-refractivity contribution in [1.82, 2.24) is 4.98 Å². The Labute approximate surface area is 109 Å². The van der Waals surface area contributed by atoms with E-state index in [1.807, 2.05) is 13.0 Å². The molecule has 0 bridgehead atoms. The van der Waals surface area contributed by atoms with Crippen LogP contribution >= 0.6 is 0 Å². The molecule has 1 aromatic heterocycles. The van der Waals surface area contributed by atoms with Crippen molar-refractivity contribution in [3.63, 3.8) is 0 Å². The van der Waals surface area contributed by atoms with E-state index in [-0.39, 0.29) is 17.9 Å². The van der Waals surface area contributed by atoms with Gasteiger partial charge in [-0.15, -0.1) is 0 Å². The highest BCUT2D eigenvalue weighted by atomic mass is 16.4. The van der Waals surface area contributed by atoms with E-state index >= 15 is 0 Å². The molecule has 1 heterocycles. The Hall–Kier alpha value is -2.08. The van der Waals surface area contributed by atoms with Gasteiger partial charge in [-0.2, -0.15) is 0 Å². The largest absolute Gasteiger partial charge is 0.417 e. The lowest BCUT2D eigenvalue weighted by Gasteiger charge is -2.16. The van der Waals surface area contributed by atoms with Crippen LogP contribution in [0.2, 0.25) is 0 Å². The van der Waals surface area contributed by atoms with Crippen LogP contribution in [0.1, 0.15) is 31.4 Å². The monoisotopic (exact) mass is 263 g/mol. The molecule has 2 atom stereocenters. The molecule has 2 aromatic rings. The fourth-order valence-electron chi connectivity index (χ4n) is 2.19. The number of nitrogens with one attached hydrogen (secondary N) is 1. The van der Waals surface area contributed by atoms with Crippen molar-refractivity contribution in [3.8, 4) is 0 Å². The molecule has 0 saturated heterocycles. The number of hydrogen-bond acceptors (Lipinski definition) is 4. The van der Waals surface area contributed by atoms with Crippen LogP contribution in [0.3, 0.4) is 0 Å². The second kappa shape index (κ2) is 5.27.